The van der Waals surface area contributed by atoms with Crippen molar-refractivity contribution < 1.29 is 0 Å². The van der Waals surface area contributed by atoms with Crippen molar-refractivity contribution in [3.63, 3.8) is 0 Å². The van der Waals surface area contributed by atoms with Crippen molar-refractivity contribution in [3.8, 4) is 5.69 Å². The molecule has 0 radical (unpaired) electrons. The SMILES string of the molecule is c1ccc(-n2cnc(SC(c3ccccc3)(c3ccccc3)c3ccccc3)n2)cc1. The van der Waals surface area contributed by atoms with Crippen molar-refractivity contribution >= 4 is 11.8 Å². The molecule has 5 aromatic rings. The minimum absolute atomic E-state index is 0.480. The largest absolute Gasteiger partial charge is 0.220 e. The van der Waals surface area contributed by atoms with E-state index in [1.54, 1.807) is 18.1 Å². The molecule has 0 bridgehead atoms. The molecule has 0 amide bonds. The summed E-state index contributed by atoms with van der Waals surface area (Å²) < 4.78 is 1.35. The van der Waals surface area contributed by atoms with E-state index in [0.29, 0.717) is 0 Å². The molecule has 0 saturated heterocycles. The zero-order valence-electron chi connectivity index (χ0n) is 16.9. The van der Waals surface area contributed by atoms with Crippen molar-refractivity contribution in [2.24, 2.45) is 0 Å². The fourth-order valence-corrected chi connectivity index (χ4v) is 5.10. The van der Waals surface area contributed by atoms with Crippen LogP contribution < -0.4 is 0 Å². The highest BCUT2D eigenvalue weighted by Crippen LogP contribution is 2.50. The maximum absolute atomic E-state index is 4.81. The molecular weight excluding hydrogens is 398 g/mol. The summed E-state index contributed by atoms with van der Waals surface area (Å²) in [5, 5.41) is 5.53. The first-order valence-electron chi connectivity index (χ1n) is 10.2. The Morgan fingerprint density at radius 2 is 0.968 bits per heavy atom. The fraction of sp³-hybridized carbons (Fsp3) is 0.0370. The fourth-order valence-electron chi connectivity index (χ4n) is 3.83. The van der Waals surface area contributed by atoms with Gasteiger partial charge in [0, 0.05) is 0 Å². The summed E-state index contributed by atoms with van der Waals surface area (Å²) in [5.74, 6) is 0. The van der Waals surface area contributed by atoms with E-state index in [1.165, 1.54) is 16.7 Å². The molecule has 5 rings (SSSR count). The summed E-state index contributed by atoms with van der Waals surface area (Å²) in [6.07, 6.45) is 1.78. The number of aromatic nitrogens is 3. The second-order valence-electron chi connectivity index (χ2n) is 7.19. The topological polar surface area (TPSA) is 30.7 Å². The molecule has 0 aliphatic rings. The van der Waals surface area contributed by atoms with Gasteiger partial charge in [0.05, 0.1) is 10.4 Å². The Morgan fingerprint density at radius 1 is 0.548 bits per heavy atom. The van der Waals surface area contributed by atoms with Gasteiger partial charge >= 0.3 is 0 Å². The molecule has 0 fully saturated rings. The molecule has 3 nitrogen and oxygen atoms in total. The minimum atomic E-state index is -0.480. The van der Waals surface area contributed by atoms with Crippen molar-refractivity contribution in [1.82, 2.24) is 14.8 Å². The lowest BCUT2D eigenvalue weighted by atomic mass is 9.84. The van der Waals surface area contributed by atoms with Gasteiger partial charge in [0.1, 0.15) is 6.33 Å². The van der Waals surface area contributed by atoms with Crippen LogP contribution in [0.4, 0.5) is 0 Å². The summed E-state index contributed by atoms with van der Waals surface area (Å²) in [6, 6.07) is 41.9. The number of para-hydroxylation sites is 1. The molecule has 0 spiro atoms. The molecular formula is C27H21N3S. The van der Waals surface area contributed by atoms with E-state index >= 15 is 0 Å². The molecule has 0 atom stereocenters. The summed E-state index contributed by atoms with van der Waals surface area (Å²) in [7, 11) is 0. The lowest BCUT2D eigenvalue weighted by Crippen LogP contribution is -2.25. The quantitative estimate of drug-likeness (QED) is 0.237. The molecule has 31 heavy (non-hydrogen) atoms. The predicted molar refractivity (Wildman–Crippen MR) is 126 cm³/mol. The van der Waals surface area contributed by atoms with Crippen LogP contribution in [0.25, 0.3) is 5.69 Å². The summed E-state index contributed by atoms with van der Waals surface area (Å²) in [6.45, 7) is 0. The molecule has 0 aliphatic heterocycles. The molecule has 1 heterocycles. The number of thioether (sulfide) groups is 1. The number of rotatable bonds is 6. The van der Waals surface area contributed by atoms with Crippen LogP contribution in [0.2, 0.25) is 0 Å². The maximum Gasteiger partial charge on any atom is 0.210 e. The zero-order valence-corrected chi connectivity index (χ0v) is 17.7. The van der Waals surface area contributed by atoms with Gasteiger partial charge in [-0.3, -0.25) is 0 Å². The average Bonchev–Trinajstić information content (AvgIpc) is 3.33. The molecule has 0 saturated carbocycles. The minimum Gasteiger partial charge on any atom is -0.220 e. The maximum atomic E-state index is 4.81. The molecule has 4 heteroatoms. The Labute approximate surface area is 186 Å². The van der Waals surface area contributed by atoms with E-state index in [-0.39, 0.29) is 0 Å². The van der Waals surface area contributed by atoms with E-state index in [0.717, 1.165) is 10.8 Å². The summed E-state index contributed by atoms with van der Waals surface area (Å²) in [4.78, 5) is 4.67. The lowest BCUT2D eigenvalue weighted by molar-refractivity contribution is 0.821. The number of nitrogens with zero attached hydrogens (tertiary/aromatic N) is 3. The van der Waals surface area contributed by atoms with E-state index in [4.69, 9.17) is 5.10 Å². The van der Waals surface area contributed by atoms with E-state index in [9.17, 15) is 0 Å². The highest BCUT2D eigenvalue weighted by Gasteiger charge is 2.38. The summed E-state index contributed by atoms with van der Waals surface area (Å²) in [5.41, 5.74) is 4.56. The molecule has 150 valence electrons. The molecule has 0 aliphatic carbocycles. The average molecular weight is 420 g/mol. The smallest absolute Gasteiger partial charge is 0.210 e. The van der Waals surface area contributed by atoms with Gasteiger partial charge in [0.15, 0.2) is 0 Å². The Bertz CT molecular complexity index is 1140. The van der Waals surface area contributed by atoms with Crippen molar-refractivity contribution in [3.05, 3.63) is 144 Å². The van der Waals surface area contributed by atoms with Crippen LogP contribution in [0.3, 0.4) is 0 Å². The third kappa shape index (κ3) is 3.78. The third-order valence-corrected chi connectivity index (χ3v) is 6.66. The van der Waals surface area contributed by atoms with E-state index < -0.39 is 4.75 Å². The highest BCUT2D eigenvalue weighted by molar-refractivity contribution is 8.00. The van der Waals surface area contributed by atoms with Crippen molar-refractivity contribution in [2.45, 2.75) is 9.90 Å². The Morgan fingerprint density at radius 3 is 1.42 bits per heavy atom. The van der Waals surface area contributed by atoms with Crippen molar-refractivity contribution in [2.75, 3.05) is 0 Å². The molecule has 1 aromatic heterocycles. The van der Waals surface area contributed by atoms with Gasteiger partial charge in [-0.1, -0.05) is 121 Å². The first-order chi connectivity index (χ1) is 15.4. The van der Waals surface area contributed by atoms with E-state index in [1.807, 2.05) is 35.0 Å². The van der Waals surface area contributed by atoms with Gasteiger partial charge in [0.25, 0.3) is 0 Å². The lowest BCUT2D eigenvalue weighted by Gasteiger charge is -2.34. The van der Waals surface area contributed by atoms with Gasteiger partial charge in [-0.15, -0.1) is 5.10 Å². The van der Waals surface area contributed by atoms with Crippen LogP contribution in [0.5, 0.6) is 0 Å². The van der Waals surface area contributed by atoms with Crippen molar-refractivity contribution in [1.29, 1.82) is 0 Å². The van der Waals surface area contributed by atoms with Crippen LogP contribution in [0.1, 0.15) is 16.7 Å². The standard InChI is InChI=1S/C27H21N3S/c1-5-13-22(14-6-1)27(23-15-7-2-8-16-23,24-17-9-3-10-18-24)31-26-28-21-30(29-26)25-19-11-4-12-20-25/h1-21H. The van der Waals surface area contributed by atoms with Gasteiger partial charge < -0.3 is 0 Å². The van der Waals surface area contributed by atoms with Crippen LogP contribution in [-0.2, 0) is 4.75 Å². The normalized spacial score (nSPS) is 11.4. The van der Waals surface area contributed by atoms with Gasteiger partial charge in [-0.05, 0) is 28.8 Å². The predicted octanol–water partition coefficient (Wildman–Crippen LogP) is 6.35. The van der Waals surface area contributed by atoms with Crippen LogP contribution in [0, 0.1) is 0 Å². The highest BCUT2D eigenvalue weighted by atomic mass is 32.2. The molecule has 0 N–H and O–H groups in total. The monoisotopic (exact) mass is 419 g/mol. The van der Waals surface area contributed by atoms with Gasteiger partial charge in [-0.2, -0.15) is 0 Å². The molecule has 0 unspecified atom stereocenters. The summed E-state index contributed by atoms with van der Waals surface area (Å²) >= 11 is 1.67. The Hall–Kier alpha value is -3.63. The number of benzene rings is 4. The third-order valence-electron chi connectivity index (χ3n) is 5.28. The first kappa shape index (κ1) is 19.3. The van der Waals surface area contributed by atoms with E-state index in [2.05, 4.69) is 96.0 Å². The van der Waals surface area contributed by atoms with Crippen LogP contribution in [-0.4, -0.2) is 14.8 Å². The van der Waals surface area contributed by atoms with Crippen LogP contribution in [0.15, 0.2) is 133 Å². The van der Waals surface area contributed by atoms with Crippen LogP contribution >= 0.6 is 11.8 Å². The number of hydrogen-bond donors (Lipinski definition) is 0. The first-order valence-corrected chi connectivity index (χ1v) is 11.0. The second-order valence-corrected chi connectivity index (χ2v) is 8.37. The second kappa shape index (κ2) is 8.62. The van der Waals surface area contributed by atoms with Gasteiger partial charge in [0.2, 0.25) is 5.16 Å². The van der Waals surface area contributed by atoms with Gasteiger partial charge in [-0.25, -0.2) is 9.67 Å². The Kier molecular flexibility index (Phi) is 5.38. The Balaban J connectivity index is 1.68. The molecule has 4 aromatic carbocycles. The zero-order chi connectivity index (χ0) is 20.9. The number of hydrogen-bond acceptors (Lipinski definition) is 3.